The van der Waals surface area contributed by atoms with Crippen molar-refractivity contribution < 1.29 is 18.3 Å². The van der Waals surface area contributed by atoms with Gasteiger partial charge in [-0.25, -0.2) is 13.2 Å². The molecule has 0 radical (unpaired) electrons. The average Bonchev–Trinajstić information content (AvgIpc) is 2.39. The topological polar surface area (TPSA) is 71.4 Å². The first-order chi connectivity index (χ1) is 9.40. The van der Waals surface area contributed by atoms with Crippen LogP contribution in [0.3, 0.4) is 0 Å². The summed E-state index contributed by atoms with van der Waals surface area (Å²) in [6, 6.07) is 12.8. The number of aromatic carboxylic acids is 1. The fraction of sp³-hybridized carbons (Fsp3) is 0.0714. The van der Waals surface area contributed by atoms with Crippen LogP contribution in [0.5, 0.6) is 0 Å². The third-order valence-corrected chi connectivity index (χ3v) is 5.10. The molecule has 0 heterocycles. The second-order valence-electron chi connectivity index (χ2n) is 4.19. The molecule has 0 fully saturated rings. The molecule has 0 spiro atoms. The van der Waals surface area contributed by atoms with Gasteiger partial charge in [0.05, 0.1) is 16.2 Å². The lowest BCUT2D eigenvalue weighted by molar-refractivity contribution is 0.0695. The second-order valence-corrected chi connectivity index (χ2v) is 7.04. The van der Waals surface area contributed by atoms with Gasteiger partial charge in [-0.1, -0.05) is 30.3 Å². The van der Waals surface area contributed by atoms with Crippen LogP contribution in [0.2, 0.25) is 0 Å². The van der Waals surface area contributed by atoms with Gasteiger partial charge in [0.2, 0.25) is 0 Å². The quantitative estimate of drug-likeness (QED) is 0.915. The molecule has 2 aromatic rings. The van der Waals surface area contributed by atoms with Gasteiger partial charge in [0.1, 0.15) is 0 Å². The van der Waals surface area contributed by atoms with E-state index in [0.29, 0.717) is 10.0 Å². The van der Waals surface area contributed by atoms with Gasteiger partial charge in [0.25, 0.3) is 0 Å². The standard InChI is InChI=1S/C14H11BrO4S/c15-13-7-6-11(8-12(13)14(16)17)20(18,19)9-10-4-2-1-3-5-10/h1-8H,9H2,(H,16,17). The highest BCUT2D eigenvalue weighted by atomic mass is 79.9. The monoisotopic (exact) mass is 354 g/mol. The molecular weight excluding hydrogens is 344 g/mol. The van der Waals surface area contributed by atoms with Crippen LogP contribution in [0.25, 0.3) is 0 Å². The molecule has 2 rings (SSSR count). The lowest BCUT2D eigenvalue weighted by Crippen LogP contribution is -2.07. The smallest absolute Gasteiger partial charge is 0.336 e. The summed E-state index contributed by atoms with van der Waals surface area (Å²) < 4.78 is 24.9. The Morgan fingerprint density at radius 1 is 1.10 bits per heavy atom. The largest absolute Gasteiger partial charge is 0.478 e. The van der Waals surface area contributed by atoms with Gasteiger partial charge in [-0.3, -0.25) is 0 Å². The molecule has 0 bridgehead atoms. The van der Waals surface area contributed by atoms with E-state index >= 15 is 0 Å². The van der Waals surface area contributed by atoms with Crippen LogP contribution < -0.4 is 0 Å². The molecule has 6 heteroatoms. The normalized spacial score (nSPS) is 11.2. The number of rotatable bonds is 4. The molecule has 104 valence electrons. The van der Waals surface area contributed by atoms with Crippen molar-refractivity contribution in [3.8, 4) is 0 Å². The van der Waals surface area contributed by atoms with Gasteiger partial charge in [0, 0.05) is 4.47 Å². The number of carbonyl (C=O) groups is 1. The molecule has 0 amide bonds. The predicted octanol–water partition coefficient (Wildman–Crippen LogP) is 3.12. The summed E-state index contributed by atoms with van der Waals surface area (Å²) in [5, 5.41) is 9.02. The van der Waals surface area contributed by atoms with E-state index in [1.54, 1.807) is 30.3 Å². The van der Waals surface area contributed by atoms with E-state index < -0.39 is 15.8 Å². The highest BCUT2D eigenvalue weighted by Gasteiger charge is 2.18. The molecule has 0 atom stereocenters. The molecular formula is C14H11BrO4S. The van der Waals surface area contributed by atoms with Crippen molar-refractivity contribution in [2.24, 2.45) is 0 Å². The van der Waals surface area contributed by atoms with Crippen LogP contribution in [0.1, 0.15) is 15.9 Å². The van der Waals surface area contributed by atoms with Gasteiger partial charge in [-0.05, 0) is 39.7 Å². The average molecular weight is 355 g/mol. The van der Waals surface area contributed by atoms with Crippen molar-refractivity contribution in [2.75, 3.05) is 0 Å². The van der Waals surface area contributed by atoms with Crippen molar-refractivity contribution in [3.05, 3.63) is 64.1 Å². The van der Waals surface area contributed by atoms with E-state index in [4.69, 9.17) is 5.11 Å². The number of halogens is 1. The Hall–Kier alpha value is -1.66. The van der Waals surface area contributed by atoms with Crippen LogP contribution >= 0.6 is 15.9 Å². The van der Waals surface area contributed by atoms with Crippen molar-refractivity contribution in [1.82, 2.24) is 0 Å². The zero-order chi connectivity index (χ0) is 14.8. The molecule has 0 aromatic heterocycles. The summed E-state index contributed by atoms with van der Waals surface area (Å²) in [6.07, 6.45) is 0. The molecule has 0 aliphatic rings. The fourth-order valence-corrected chi connectivity index (χ4v) is 3.53. The maximum Gasteiger partial charge on any atom is 0.336 e. The van der Waals surface area contributed by atoms with Gasteiger partial charge >= 0.3 is 5.97 Å². The third-order valence-electron chi connectivity index (χ3n) is 2.73. The number of benzene rings is 2. The van der Waals surface area contributed by atoms with E-state index in [9.17, 15) is 13.2 Å². The minimum Gasteiger partial charge on any atom is -0.478 e. The molecule has 20 heavy (non-hydrogen) atoms. The summed E-state index contributed by atoms with van der Waals surface area (Å²) in [7, 11) is -3.57. The second kappa shape index (κ2) is 5.76. The Morgan fingerprint density at radius 2 is 1.75 bits per heavy atom. The van der Waals surface area contributed by atoms with Crippen LogP contribution in [0, 0.1) is 0 Å². The molecule has 0 saturated heterocycles. The molecule has 0 saturated carbocycles. The highest BCUT2D eigenvalue weighted by Crippen LogP contribution is 2.23. The first-order valence-electron chi connectivity index (χ1n) is 5.70. The molecule has 0 unspecified atom stereocenters. The van der Waals surface area contributed by atoms with Crippen LogP contribution in [-0.4, -0.2) is 19.5 Å². The zero-order valence-corrected chi connectivity index (χ0v) is 12.7. The first kappa shape index (κ1) is 14.7. The van der Waals surface area contributed by atoms with E-state index in [-0.39, 0.29) is 16.2 Å². The molecule has 0 aliphatic heterocycles. The van der Waals surface area contributed by atoms with E-state index in [1.165, 1.54) is 18.2 Å². The minimum atomic E-state index is -3.57. The number of hydrogen-bond acceptors (Lipinski definition) is 3. The van der Waals surface area contributed by atoms with Crippen LogP contribution in [-0.2, 0) is 15.6 Å². The maximum absolute atomic E-state index is 12.3. The van der Waals surface area contributed by atoms with Crippen molar-refractivity contribution in [3.63, 3.8) is 0 Å². The molecule has 0 aliphatic carbocycles. The summed E-state index contributed by atoms with van der Waals surface area (Å²) in [4.78, 5) is 11.0. The van der Waals surface area contributed by atoms with Crippen LogP contribution in [0.4, 0.5) is 0 Å². The van der Waals surface area contributed by atoms with Crippen molar-refractivity contribution in [1.29, 1.82) is 0 Å². The van der Waals surface area contributed by atoms with Gasteiger partial charge in [-0.2, -0.15) is 0 Å². The number of sulfone groups is 1. The molecule has 1 N–H and O–H groups in total. The summed E-state index contributed by atoms with van der Waals surface area (Å²) in [5.74, 6) is -1.33. The number of carboxylic acids is 1. The zero-order valence-electron chi connectivity index (χ0n) is 10.3. The lowest BCUT2D eigenvalue weighted by Gasteiger charge is -2.07. The maximum atomic E-state index is 12.3. The third kappa shape index (κ3) is 3.26. The van der Waals surface area contributed by atoms with E-state index in [1.807, 2.05) is 0 Å². The Balaban J connectivity index is 2.40. The SMILES string of the molecule is O=C(O)c1cc(S(=O)(=O)Cc2ccccc2)ccc1Br. The lowest BCUT2D eigenvalue weighted by atomic mass is 10.2. The van der Waals surface area contributed by atoms with E-state index in [0.717, 1.165) is 0 Å². The van der Waals surface area contributed by atoms with Crippen molar-refractivity contribution in [2.45, 2.75) is 10.6 Å². The van der Waals surface area contributed by atoms with E-state index in [2.05, 4.69) is 15.9 Å². The summed E-state index contributed by atoms with van der Waals surface area (Å²) in [5.41, 5.74) is 0.589. The van der Waals surface area contributed by atoms with Gasteiger partial charge in [0.15, 0.2) is 9.84 Å². The Bertz CT molecular complexity index is 739. The number of hydrogen-bond donors (Lipinski definition) is 1. The summed E-state index contributed by atoms with van der Waals surface area (Å²) >= 11 is 3.09. The van der Waals surface area contributed by atoms with Gasteiger partial charge < -0.3 is 5.11 Å². The minimum absolute atomic E-state index is 0.00181. The predicted molar refractivity (Wildman–Crippen MR) is 78.4 cm³/mol. The number of carboxylic acid groups (broad SMARTS) is 1. The fourth-order valence-electron chi connectivity index (χ4n) is 1.74. The Kier molecular flexibility index (Phi) is 4.25. The Morgan fingerprint density at radius 3 is 2.35 bits per heavy atom. The first-order valence-corrected chi connectivity index (χ1v) is 8.14. The highest BCUT2D eigenvalue weighted by molar-refractivity contribution is 9.10. The summed E-state index contributed by atoms with van der Waals surface area (Å²) in [6.45, 7) is 0. The molecule has 2 aromatic carbocycles. The van der Waals surface area contributed by atoms with Gasteiger partial charge in [-0.15, -0.1) is 0 Å². The van der Waals surface area contributed by atoms with Crippen molar-refractivity contribution >= 4 is 31.7 Å². The van der Waals surface area contributed by atoms with Crippen LogP contribution in [0.15, 0.2) is 57.9 Å². The Labute approximate surface area is 125 Å². The molecule has 4 nitrogen and oxygen atoms in total.